The van der Waals surface area contributed by atoms with Crippen molar-refractivity contribution < 1.29 is 19.4 Å². The Balaban J connectivity index is 1.91. The van der Waals surface area contributed by atoms with E-state index in [1.54, 1.807) is 66.7 Å². The molecular weight excluding hydrogens is 391 g/mol. The van der Waals surface area contributed by atoms with Crippen molar-refractivity contribution >= 4 is 29.6 Å². The summed E-state index contributed by atoms with van der Waals surface area (Å²) in [5.41, 5.74) is 0.0657. The van der Waals surface area contributed by atoms with Gasteiger partial charge < -0.3 is 5.11 Å². The van der Waals surface area contributed by atoms with Crippen LogP contribution in [0, 0.1) is 10.1 Å². The molecule has 3 aromatic rings. The standard InChI is InChI=1S/C21H17N2O5P/c24-21(25)20-19(17-13-7-8-14-18(17)23(26)27)22(20)29(28,15-9-3-1-4-10-15)16-11-5-2-6-12-16/h1-14,19-20H,(H,24,25). The third-order valence-electron chi connectivity index (χ3n) is 5.02. The molecule has 0 bridgehead atoms. The molecule has 146 valence electrons. The van der Waals surface area contributed by atoms with Crippen LogP contribution < -0.4 is 10.6 Å². The van der Waals surface area contributed by atoms with Crippen LogP contribution in [-0.4, -0.2) is 26.7 Å². The lowest BCUT2D eigenvalue weighted by molar-refractivity contribution is -0.385. The maximum absolute atomic E-state index is 14.5. The molecule has 0 aromatic heterocycles. The molecule has 1 saturated heterocycles. The fraction of sp³-hybridized carbons (Fsp3) is 0.0952. The van der Waals surface area contributed by atoms with Crippen LogP contribution >= 0.6 is 7.29 Å². The van der Waals surface area contributed by atoms with Crippen LogP contribution in [0.1, 0.15) is 11.6 Å². The van der Waals surface area contributed by atoms with E-state index >= 15 is 0 Å². The van der Waals surface area contributed by atoms with E-state index in [1.807, 2.05) is 0 Å². The highest BCUT2D eigenvalue weighted by molar-refractivity contribution is 7.76. The van der Waals surface area contributed by atoms with Crippen LogP contribution in [0.2, 0.25) is 0 Å². The summed E-state index contributed by atoms with van der Waals surface area (Å²) in [6.07, 6.45) is 0. The van der Waals surface area contributed by atoms with Crippen LogP contribution in [0.3, 0.4) is 0 Å². The van der Waals surface area contributed by atoms with Crippen molar-refractivity contribution in [2.24, 2.45) is 0 Å². The van der Waals surface area contributed by atoms with Gasteiger partial charge in [-0.3, -0.25) is 19.5 Å². The second-order valence-electron chi connectivity index (χ2n) is 6.67. The number of carbonyl (C=O) groups is 1. The molecule has 0 saturated carbocycles. The van der Waals surface area contributed by atoms with Crippen molar-refractivity contribution in [2.75, 3.05) is 0 Å². The zero-order chi connectivity index (χ0) is 20.6. The molecule has 1 N–H and O–H groups in total. The minimum absolute atomic E-state index is 0.182. The van der Waals surface area contributed by atoms with E-state index in [0.29, 0.717) is 10.6 Å². The number of aliphatic carboxylic acids is 1. The molecule has 1 fully saturated rings. The third-order valence-corrected chi connectivity index (χ3v) is 8.17. The van der Waals surface area contributed by atoms with Crippen LogP contribution in [0.25, 0.3) is 0 Å². The Kier molecular flexibility index (Phi) is 4.78. The van der Waals surface area contributed by atoms with Crippen LogP contribution in [0.15, 0.2) is 84.9 Å². The summed E-state index contributed by atoms with van der Waals surface area (Å²) in [6.45, 7) is 0. The molecule has 3 unspecified atom stereocenters. The molecule has 0 radical (unpaired) electrons. The second-order valence-corrected chi connectivity index (χ2v) is 9.32. The first-order valence-corrected chi connectivity index (χ1v) is 10.6. The van der Waals surface area contributed by atoms with Gasteiger partial charge in [0.1, 0.15) is 6.04 Å². The molecule has 7 nitrogen and oxygen atoms in total. The first kappa shape index (κ1) is 19.1. The molecule has 0 aliphatic carbocycles. The highest BCUT2D eigenvalue weighted by Gasteiger charge is 2.63. The Labute approximate surface area is 166 Å². The highest BCUT2D eigenvalue weighted by Crippen LogP contribution is 2.65. The molecule has 4 rings (SSSR count). The normalized spacial score (nSPS) is 20.8. The van der Waals surface area contributed by atoms with E-state index in [0.717, 1.165) is 0 Å². The summed E-state index contributed by atoms with van der Waals surface area (Å²) in [6, 6.07) is 21.3. The zero-order valence-corrected chi connectivity index (χ0v) is 16.1. The molecule has 3 aromatic carbocycles. The van der Waals surface area contributed by atoms with Crippen molar-refractivity contribution in [1.29, 1.82) is 0 Å². The number of nitro benzene ring substituents is 1. The number of nitrogens with zero attached hydrogens (tertiary/aromatic N) is 2. The van der Waals surface area contributed by atoms with Gasteiger partial charge in [0.15, 0.2) is 0 Å². The molecule has 1 heterocycles. The minimum Gasteiger partial charge on any atom is -0.480 e. The summed E-state index contributed by atoms with van der Waals surface area (Å²) >= 11 is 0. The molecule has 0 amide bonds. The number of hydrogen-bond donors (Lipinski definition) is 1. The molecule has 1 aliphatic rings. The zero-order valence-electron chi connectivity index (χ0n) is 15.2. The lowest BCUT2D eigenvalue weighted by Gasteiger charge is -2.21. The monoisotopic (exact) mass is 408 g/mol. The maximum Gasteiger partial charge on any atom is 0.323 e. The van der Waals surface area contributed by atoms with Crippen LogP contribution in [-0.2, 0) is 9.36 Å². The lowest BCUT2D eigenvalue weighted by Crippen LogP contribution is -2.24. The second kappa shape index (κ2) is 7.28. The summed E-state index contributed by atoms with van der Waals surface area (Å²) in [5.74, 6) is -1.17. The Morgan fingerprint density at radius 1 is 0.897 bits per heavy atom. The average Bonchev–Trinajstić information content (AvgIpc) is 3.51. The topological polar surface area (TPSA) is 101 Å². The number of hydrogen-bond acceptors (Lipinski definition) is 4. The maximum atomic E-state index is 14.5. The van der Waals surface area contributed by atoms with E-state index in [9.17, 15) is 24.6 Å². The Morgan fingerprint density at radius 2 is 1.38 bits per heavy atom. The van der Waals surface area contributed by atoms with Crippen LogP contribution in [0.5, 0.6) is 0 Å². The summed E-state index contributed by atoms with van der Waals surface area (Å²) in [4.78, 5) is 23.0. The molecular formula is C21H17N2O5P. The van der Waals surface area contributed by atoms with Gasteiger partial charge in [0.2, 0.25) is 7.29 Å². The van der Waals surface area contributed by atoms with Gasteiger partial charge >= 0.3 is 5.97 Å². The number of nitro groups is 1. The van der Waals surface area contributed by atoms with Gasteiger partial charge in [0.05, 0.1) is 11.0 Å². The summed E-state index contributed by atoms with van der Waals surface area (Å²) < 4.78 is 15.9. The predicted molar refractivity (Wildman–Crippen MR) is 109 cm³/mol. The van der Waals surface area contributed by atoms with Crippen molar-refractivity contribution in [2.45, 2.75) is 12.1 Å². The van der Waals surface area contributed by atoms with E-state index in [4.69, 9.17) is 0 Å². The fourth-order valence-corrected chi connectivity index (χ4v) is 6.81. The summed E-state index contributed by atoms with van der Waals surface area (Å²) in [5, 5.41) is 22.3. The number of benzene rings is 3. The van der Waals surface area contributed by atoms with E-state index in [-0.39, 0.29) is 11.3 Å². The molecule has 1 aliphatic heterocycles. The Hall–Kier alpha value is -3.28. The third kappa shape index (κ3) is 3.14. The largest absolute Gasteiger partial charge is 0.480 e. The van der Waals surface area contributed by atoms with E-state index in [2.05, 4.69) is 0 Å². The summed E-state index contributed by atoms with van der Waals surface area (Å²) in [7, 11) is -3.54. The highest BCUT2D eigenvalue weighted by atomic mass is 31.2. The van der Waals surface area contributed by atoms with Gasteiger partial charge in [-0.1, -0.05) is 54.6 Å². The molecule has 29 heavy (non-hydrogen) atoms. The van der Waals surface area contributed by atoms with Crippen molar-refractivity contribution in [3.63, 3.8) is 0 Å². The Bertz CT molecular complexity index is 1080. The van der Waals surface area contributed by atoms with Crippen molar-refractivity contribution in [3.05, 3.63) is 101 Å². The number of carboxylic acid groups (broad SMARTS) is 1. The first-order valence-electron chi connectivity index (χ1n) is 8.92. The molecule has 3 atom stereocenters. The van der Waals surface area contributed by atoms with E-state index in [1.165, 1.54) is 22.9 Å². The molecule has 0 spiro atoms. The molecule has 8 heteroatoms. The quantitative estimate of drug-likeness (QED) is 0.291. The fourth-order valence-electron chi connectivity index (χ4n) is 3.71. The van der Waals surface area contributed by atoms with Crippen molar-refractivity contribution in [3.8, 4) is 0 Å². The Morgan fingerprint density at radius 3 is 1.86 bits per heavy atom. The lowest BCUT2D eigenvalue weighted by atomic mass is 10.1. The number of rotatable bonds is 6. The van der Waals surface area contributed by atoms with Crippen LogP contribution in [0.4, 0.5) is 5.69 Å². The number of carboxylic acids is 1. The van der Waals surface area contributed by atoms with Gasteiger partial charge in [-0.25, -0.2) is 4.67 Å². The first-order chi connectivity index (χ1) is 14.0. The van der Waals surface area contributed by atoms with Gasteiger partial charge in [-0.05, 0) is 24.3 Å². The van der Waals surface area contributed by atoms with E-state index < -0.39 is 30.3 Å². The van der Waals surface area contributed by atoms with Gasteiger partial charge in [0, 0.05) is 22.2 Å². The minimum atomic E-state index is -3.54. The predicted octanol–water partition coefficient (Wildman–Crippen LogP) is 3.33. The van der Waals surface area contributed by atoms with Crippen molar-refractivity contribution in [1.82, 2.24) is 4.67 Å². The van der Waals surface area contributed by atoms with Gasteiger partial charge in [-0.2, -0.15) is 0 Å². The smallest absolute Gasteiger partial charge is 0.323 e. The average molecular weight is 408 g/mol. The number of para-hydroxylation sites is 1. The SMILES string of the molecule is O=C(O)C1C(c2ccccc2[N+](=O)[O-])N1P(=O)(c1ccccc1)c1ccccc1. The van der Waals surface area contributed by atoms with Gasteiger partial charge in [0.25, 0.3) is 5.69 Å². The van der Waals surface area contributed by atoms with Gasteiger partial charge in [-0.15, -0.1) is 0 Å².